The minimum Gasteiger partial charge on any atom is -0.467 e. The van der Waals surface area contributed by atoms with Crippen LogP contribution in [0, 0.1) is 0 Å². The molecule has 0 spiro atoms. The molecule has 0 saturated heterocycles. The largest absolute Gasteiger partial charge is 0.467 e. The molecular weight excluding hydrogens is 427 g/mol. The van der Waals surface area contributed by atoms with Crippen molar-refractivity contribution in [3.05, 3.63) is 69.1 Å². The second kappa shape index (κ2) is 6.71. The highest BCUT2D eigenvalue weighted by Gasteiger charge is 2.14. The lowest BCUT2D eigenvalue weighted by Crippen LogP contribution is -2.06. The molecule has 0 unspecified atom stereocenters. The maximum atomic E-state index is 6.36. The zero-order valence-corrected chi connectivity index (χ0v) is 15.8. The normalized spacial score (nSPS) is 11.2. The van der Waals surface area contributed by atoms with Crippen molar-refractivity contribution in [2.45, 2.75) is 6.54 Å². The van der Waals surface area contributed by atoms with Crippen LogP contribution in [0.25, 0.3) is 16.9 Å². The first kappa shape index (κ1) is 16.4. The minimum atomic E-state index is 0.466. The first-order chi connectivity index (χ1) is 12.1. The highest BCUT2D eigenvalue weighted by molar-refractivity contribution is 9.10. The highest BCUT2D eigenvalue weighted by Crippen LogP contribution is 2.34. The van der Waals surface area contributed by atoms with Crippen LogP contribution < -0.4 is 5.32 Å². The van der Waals surface area contributed by atoms with Gasteiger partial charge in [-0.3, -0.25) is 0 Å². The molecular formula is C17H11BrCl2N4O. The van der Waals surface area contributed by atoms with Crippen LogP contribution in [0.1, 0.15) is 5.76 Å². The minimum absolute atomic E-state index is 0.466. The average molecular weight is 438 g/mol. The van der Waals surface area contributed by atoms with E-state index < -0.39 is 0 Å². The number of nitrogens with one attached hydrogen (secondary N) is 1. The molecule has 3 aromatic heterocycles. The molecule has 0 radical (unpaired) electrons. The number of fused-ring (bicyclic) bond motifs is 1. The molecule has 4 rings (SSSR count). The van der Waals surface area contributed by atoms with Crippen molar-refractivity contribution < 1.29 is 4.42 Å². The van der Waals surface area contributed by atoms with Crippen LogP contribution in [0.5, 0.6) is 0 Å². The molecule has 1 N–H and O–H groups in total. The fraction of sp³-hybridized carbons (Fsp3) is 0.0588. The standard InChI is InChI=1S/C17H11BrCl2N4O/c18-12-9-22-24-15(21-8-10-3-2-6-25-10)7-14(23-17(12)24)11-4-1-5-13(19)16(11)20/h1-7,9,21H,8H2. The number of hydrogen-bond donors (Lipinski definition) is 1. The molecule has 8 heteroatoms. The molecule has 25 heavy (non-hydrogen) atoms. The number of rotatable bonds is 4. The molecule has 5 nitrogen and oxygen atoms in total. The molecule has 3 heterocycles. The second-order valence-corrected chi connectivity index (χ2v) is 6.93. The third kappa shape index (κ3) is 3.13. The van der Waals surface area contributed by atoms with E-state index in [2.05, 4.69) is 31.3 Å². The van der Waals surface area contributed by atoms with Crippen LogP contribution in [0.2, 0.25) is 10.0 Å². The Labute approximate surface area is 161 Å². The van der Waals surface area contributed by atoms with Crippen molar-refractivity contribution in [3.63, 3.8) is 0 Å². The van der Waals surface area contributed by atoms with Gasteiger partial charge in [-0.1, -0.05) is 35.3 Å². The lowest BCUT2D eigenvalue weighted by atomic mass is 10.1. The van der Waals surface area contributed by atoms with Gasteiger partial charge in [0.25, 0.3) is 0 Å². The summed E-state index contributed by atoms with van der Waals surface area (Å²) in [7, 11) is 0. The molecule has 126 valence electrons. The van der Waals surface area contributed by atoms with Gasteiger partial charge in [-0.15, -0.1) is 0 Å². The van der Waals surface area contributed by atoms with E-state index in [0.29, 0.717) is 27.9 Å². The maximum absolute atomic E-state index is 6.36. The van der Waals surface area contributed by atoms with Crippen LogP contribution in [-0.4, -0.2) is 14.6 Å². The Kier molecular flexibility index (Phi) is 4.41. The van der Waals surface area contributed by atoms with Gasteiger partial charge in [-0.05, 0) is 34.1 Å². The summed E-state index contributed by atoms with van der Waals surface area (Å²) in [5.41, 5.74) is 2.13. The number of aromatic nitrogens is 3. The lowest BCUT2D eigenvalue weighted by molar-refractivity contribution is 0.517. The number of anilines is 1. The van der Waals surface area contributed by atoms with E-state index in [1.54, 1.807) is 23.0 Å². The van der Waals surface area contributed by atoms with Crippen molar-refractivity contribution in [3.8, 4) is 11.3 Å². The third-order valence-electron chi connectivity index (χ3n) is 3.68. The summed E-state index contributed by atoms with van der Waals surface area (Å²) in [6.07, 6.45) is 3.34. The Balaban J connectivity index is 1.82. The Morgan fingerprint density at radius 2 is 2.08 bits per heavy atom. The van der Waals surface area contributed by atoms with Gasteiger partial charge < -0.3 is 9.73 Å². The first-order valence-corrected chi connectivity index (χ1v) is 8.93. The molecule has 0 aliphatic carbocycles. The van der Waals surface area contributed by atoms with E-state index in [1.165, 1.54) is 0 Å². The van der Waals surface area contributed by atoms with Crippen molar-refractivity contribution in [1.82, 2.24) is 14.6 Å². The summed E-state index contributed by atoms with van der Waals surface area (Å²) in [4.78, 5) is 4.66. The van der Waals surface area contributed by atoms with E-state index in [0.717, 1.165) is 21.6 Å². The van der Waals surface area contributed by atoms with Crippen molar-refractivity contribution >= 4 is 50.6 Å². The number of hydrogen-bond acceptors (Lipinski definition) is 4. The number of nitrogens with zero attached hydrogens (tertiary/aromatic N) is 3. The Morgan fingerprint density at radius 3 is 2.88 bits per heavy atom. The Bertz CT molecular complexity index is 1050. The zero-order valence-electron chi connectivity index (χ0n) is 12.7. The fourth-order valence-corrected chi connectivity index (χ4v) is 3.24. The molecule has 4 aromatic rings. The van der Waals surface area contributed by atoms with Crippen LogP contribution in [0.15, 0.2) is 57.7 Å². The molecule has 0 saturated carbocycles. The summed E-state index contributed by atoms with van der Waals surface area (Å²) < 4.78 is 7.87. The SMILES string of the molecule is Clc1cccc(-c2cc(NCc3ccco3)n3ncc(Br)c3n2)c1Cl. The van der Waals surface area contributed by atoms with Crippen LogP contribution in [0.4, 0.5) is 5.82 Å². The molecule has 0 aliphatic rings. The van der Waals surface area contributed by atoms with Crippen LogP contribution >= 0.6 is 39.1 Å². The first-order valence-electron chi connectivity index (χ1n) is 7.38. The van der Waals surface area contributed by atoms with Crippen molar-refractivity contribution in [2.24, 2.45) is 0 Å². The fourth-order valence-electron chi connectivity index (χ4n) is 2.49. The molecule has 0 amide bonds. The van der Waals surface area contributed by atoms with Crippen LogP contribution in [-0.2, 0) is 6.54 Å². The van der Waals surface area contributed by atoms with Gasteiger partial charge in [0.15, 0.2) is 5.65 Å². The molecule has 0 aliphatic heterocycles. The summed E-state index contributed by atoms with van der Waals surface area (Å²) in [6.45, 7) is 0.520. The van der Waals surface area contributed by atoms with Gasteiger partial charge in [0.1, 0.15) is 11.6 Å². The van der Waals surface area contributed by atoms with Gasteiger partial charge in [-0.25, -0.2) is 4.98 Å². The molecule has 0 bridgehead atoms. The van der Waals surface area contributed by atoms with E-state index in [-0.39, 0.29) is 0 Å². The summed E-state index contributed by atoms with van der Waals surface area (Å²) in [5.74, 6) is 1.58. The van der Waals surface area contributed by atoms with E-state index in [4.69, 9.17) is 27.6 Å². The van der Waals surface area contributed by atoms with E-state index in [1.807, 2.05) is 30.3 Å². The molecule has 1 aromatic carbocycles. The number of benzene rings is 1. The Morgan fingerprint density at radius 1 is 1.20 bits per heavy atom. The van der Waals surface area contributed by atoms with Gasteiger partial charge >= 0.3 is 0 Å². The smallest absolute Gasteiger partial charge is 0.172 e. The predicted molar refractivity (Wildman–Crippen MR) is 102 cm³/mol. The van der Waals surface area contributed by atoms with Gasteiger partial charge in [0, 0.05) is 11.6 Å². The van der Waals surface area contributed by atoms with Gasteiger partial charge in [0.2, 0.25) is 0 Å². The lowest BCUT2D eigenvalue weighted by Gasteiger charge is -2.11. The maximum Gasteiger partial charge on any atom is 0.172 e. The zero-order chi connectivity index (χ0) is 17.4. The molecule has 0 atom stereocenters. The van der Waals surface area contributed by atoms with Crippen molar-refractivity contribution in [2.75, 3.05) is 5.32 Å². The quantitative estimate of drug-likeness (QED) is 0.446. The third-order valence-corrected chi connectivity index (χ3v) is 5.06. The van der Waals surface area contributed by atoms with Crippen LogP contribution in [0.3, 0.4) is 0 Å². The van der Waals surface area contributed by atoms with E-state index in [9.17, 15) is 0 Å². The molecule has 0 fully saturated rings. The average Bonchev–Trinajstić information content (AvgIpc) is 3.25. The van der Waals surface area contributed by atoms with E-state index >= 15 is 0 Å². The summed E-state index contributed by atoms with van der Waals surface area (Å²) in [6, 6.07) is 11.1. The highest BCUT2D eigenvalue weighted by atomic mass is 79.9. The van der Waals surface area contributed by atoms with Gasteiger partial charge in [-0.2, -0.15) is 9.61 Å². The predicted octanol–water partition coefficient (Wildman–Crippen LogP) is 5.67. The number of halogens is 3. The van der Waals surface area contributed by atoms with Gasteiger partial charge in [0.05, 0.1) is 39.2 Å². The Hall–Kier alpha value is -2.02. The topological polar surface area (TPSA) is 55.4 Å². The summed E-state index contributed by atoms with van der Waals surface area (Å²) >= 11 is 16.0. The second-order valence-electron chi connectivity index (χ2n) is 5.29. The monoisotopic (exact) mass is 436 g/mol. The van der Waals surface area contributed by atoms with Crippen molar-refractivity contribution in [1.29, 1.82) is 0 Å². The number of furan rings is 1. The summed E-state index contributed by atoms with van der Waals surface area (Å²) in [5, 5.41) is 8.62.